The largest absolute Gasteiger partial charge is 0.467 e. The smallest absolute Gasteiger partial charge is 0.331 e. The van der Waals surface area contributed by atoms with Crippen molar-refractivity contribution in [2.45, 2.75) is 71.5 Å². The van der Waals surface area contributed by atoms with E-state index in [1.54, 1.807) is 62.8 Å². The highest BCUT2D eigenvalue weighted by atomic mass is 16.5. The molecule has 0 aromatic heterocycles. The molecule has 8 heteroatoms. The van der Waals surface area contributed by atoms with Gasteiger partial charge in [-0.2, -0.15) is 5.26 Å². The molecule has 0 aromatic carbocycles. The van der Waals surface area contributed by atoms with E-state index >= 15 is 0 Å². The van der Waals surface area contributed by atoms with E-state index in [-0.39, 0.29) is 5.91 Å². The van der Waals surface area contributed by atoms with Crippen LogP contribution < -0.4 is 0 Å². The highest BCUT2D eigenvalue weighted by Crippen LogP contribution is 2.44. The Hall–Kier alpha value is -2.30. The summed E-state index contributed by atoms with van der Waals surface area (Å²) < 4.78 is 4.90. The molecule has 1 aliphatic heterocycles. The second-order valence-electron chi connectivity index (χ2n) is 7.92. The molecule has 1 fully saturated rings. The lowest BCUT2D eigenvalue weighted by Crippen LogP contribution is -2.61. The minimum absolute atomic E-state index is 0.206. The number of ether oxygens (including phenoxy) is 1. The van der Waals surface area contributed by atoms with Crippen molar-refractivity contribution in [3.63, 3.8) is 0 Å². The van der Waals surface area contributed by atoms with Gasteiger partial charge in [0.15, 0.2) is 0 Å². The van der Waals surface area contributed by atoms with Crippen molar-refractivity contribution in [2.24, 2.45) is 4.99 Å². The van der Waals surface area contributed by atoms with Crippen LogP contribution in [0.1, 0.15) is 54.9 Å². The van der Waals surface area contributed by atoms with Crippen molar-refractivity contribution in [1.82, 2.24) is 14.7 Å². The van der Waals surface area contributed by atoms with E-state index in [2.05, 4.69) is 4.99 Å². The Morgan fingerprint density at radius 1 is 1.26 bits per heavy atom. The van der Waals surface area contributed by atoms with Gasteiger partial charge in [-0.05, 0) is 34.6 Å². The van der Waals surface area contributed by atoms with Crippen molar-refractivity contribution < 1.29 is 14.3 Å². The van der Waals surface area contributed by atoms with Crippen LogP contribution in [-0.4, -0.2) is 77.4 Å². The van der Waals surface area contributed by atoms with E-state index in [4.69, 9.17) is 10.00 Å². The summed E-state index contributed by atoms with van der Waals surface area (Å²) in [7, 11) is 6.57. The van der Waals surface area contributed by atoms with Gasteiger partial charge in [0.25, 0.3) is 0 Å². The van der Waals surface area contributed by atoms with Gasteiger partial charge in [-0.3, -0.25) is 4.79 Å². The minimum Gasteiger partial charge on any atom is -0.467 e. The summed E-state index contributed by atoms with van der Waals surface area (Å²) in [6.45, 7) is 13.0. The van der Waals surface area contributed by atoms with Crippen molar-refractivity contribution in [1.29, 1.82) is 5.26 Å². The van der Waals surface area contributed by atoms with Gasteiger partial charge >= 0.3 is 5.97 Å². The van der Waals surface area contributed by atoms with Gasteiger partial charge in [-0.25, -0.2) is 4.79 Å². The molecule has 1 saturated heterocycles. The molecule has 1 aliphatic rings. The number of likely N-dealkylation sites (N-methyl/N-ethyl adjacent to an activating group) is 1. The number of guanidine groups is 1. The first-order valence-corrected chi connectivity index (χ1v) is 9.08. The summed E-state index contributed by atoms with van der Waals surface area (Å²) in [5, 5.41) is 8.97. The van der Waals surface area contributed by atoms with E-state index < -0.39 is 22.6 Å². The predicted octanol–water partition coefficient (Wildman–Crippen LogP) is 2.06. The lowest BCUT2D eigenvalue weighted by Gasteiger charge is -2.42. The number of amides is 1. The zero-order valence-corrected chi connectivity index (χ0v) is 18.7. The number of nitrogens with zero attached hydrogens (tertiary/aromatic N) is 5. The summed E-state index contributed by atoms with van der Waals surface area (Å²) in [6.07, 6.45) is 2.25. The van der Waals surface area contributed by atoms with Gasteiger partial charge in [0.2, 0.25) is 18.1 Å². The van der Waals surface area contributed by atoms with Crippen molar-refractivity contribution in [3.8, 4) is 6.19 Å². The number of carbonyl (C=O) groups excluding carboxylic acids is 2. The van der Waals surface area contributed by atoms with Crippen LogP contribution >= 0.6 is 0 Å². The lowest BCUT2D eigenvalue weighted by atomic mass is 9.89. The van der Waals surface area contributed by atoms with Crippen LogP contribution in [0, 0.1) is 11.5 Å². The van der Waals surface area contributed by atoms with Gasteiger partial charge in [0.1, 0.15) is 11.1 Å². The third-order valence-corrected chi connectivity index (χ3v) is 4.88. The van der Waals surface area contributed by atoms with Gasteiger partial charge < -0.3 is 19.4 Å². The van der Waals surface area contributed by atoms with Crippen LogP contribution in [0.3, 0.4) is 0 Å². The van der Waals surface area contributed by atoms with E-state index in [9.17, 15) is 9.59 Å². The molecular weight excluding hydrogens is 346 g/mol. The van der Waals surface area contributed by atoms with E-state index in [1.807, 2.05) is 27.7 Å². The second kappa shape index (κ2) is 8.59. The molecule has 0 aromatic rings. The van der Waals surface area contributed by atoms with Gasteiger partial charge in [0, 0.05) is 33.1 Å². The number of rotatable bonds is 3. The third kappa shape index (κ3) is 4.34. The fourth-order valence-corrected chi connectivity index (χ4v) is 3.87. The van der Waals surface area contributed by atoms with Gasteiger partial charge in [-0.15, -0.1) is 4.99 Å². The molecule has 154 valence electrons. The number of hydrogen-bond donors (Lipinski definition) is 0. The maximum Gasteiger partial charge on any atom is 0.331 e. The first kappa shape index (κ1) is 24.7. The quantitative estimate of drug-likeness (QED) is 0.322. The maximum atomic E-state index is 13.4. The summed E-state index contributed by atoms with van der Waals surface area (Å²) in [6, 6.07) is 0. The molecule has 0 aliphatic carbocycles. The van der Waals surface area contributed by atoms with Crippen LogP contribution in [0.2, 0.25) is 0 Å². The number of nitriles is 1. The lowest BCUT2D eigenvalue weighted by molar-refractivity contribution is -0.163. The standard InChI is InChI=1S/C17H29N5O3.C2H6/c1-15(2)10-17(5,21(8)14(19-11-18)20(6)7)12(23)22(15)16(3,4)13(24)25-9;1-2/h10H2,1-9H3;1-2H3. The molecule has 0 saturated carbocycles. The molecule has 0 bridgehead atoms. The Morgan fingerprint density at radius 2 is 1.74 bits per heavy atom. The Morgan fingerprint density at radius 3 is 2.11 bits per heavy atom. The summed E-state index contributed by atoms with van der Waals surface area (Å²) >= 11 is 0. The zero-order chi connectivity index (χ0) is 21.8. The predicted molar refractivity (Wildman–Crippen MR) is 106 cm³/mol. The summed E-state index contributed by atoms with van der Waals surface area (Å²) in [4.78, 5) is 34.5. The fourth-order valence-electron chi connectivity index (χ4n) is 3.87. The Labute approximate surface area is 163 Å². The Kier molecular flexibility index (Phi) is 7.86. The number of carbonyl (C=O) groups is 2. The number of likely N-dealkylation sites (tertiary alicyclic amines) is 1. The molecule has 1 amide bonds. The highest BCUT2D eigenvalue weighted by molar-refractivity contribution is 5.98. The van der Waals surface area contributed by atoms with Crippen LogP contribution in [0.25, 0.3) is 0 Å². The number of hydrogen-bond acceptors (Lipinski definition) is 5. The monoisotopic (exact) mass is 381 g/mol. The summed E-state index contributed by atoms with van der Waals surface area (Å²) in [5.41, 5.74) is -2.64. The maximum absolute atomic E-state index is 13.4. The molecular formula is C19H35N5O3. The molecule has 27 heavy (non-hydrogen) atoms. The topological polar surface area (TPSA) is 89.2 Å². The summed E-state index contributed by atoms with van der Waals surface area (Å²) in [5.74, 6) is -0.297. The number of esters is 1. The Balaban J connectivity index is 0.00000326. The molecule has 0 spiro atoms. The van der Waals surface area contributed by atoms with E-state index in [0.717, 1.165) is 0 Å². The minimum atomic E-state index is -1.11. The molecule has 1 unspecified atom stereocenters. The van der Waals surface area contributed by atoms with E-state index in [1.165, 1.54) is 7.11 Å². The Bertz CT molecular complexity index is 634. The first-order valence-electron chi connectivity index (χ1n) is 9.08. The highest BCUT2D eigenvalue weighted by Gasteiger charge is 2.61. The van der Waals surface area contributed by atoms with Crippen molar-refractivity contribution in [2.75, 3.05) is 28.3 Å². The molecule has 1 rings (SSSR count). The van der Waals surface area contributed by atoms with Crippen LogP contribution in [-0.2, 0) is 14.3 Å². The van der Waals surface area contributed by atoms with Crippen molar-refractivity contribution in [3.05, 3.63) is 0 Å². The van der Waals surface area contributed by atoms with Crippen LogP contribution in [0.15, 0.2) is 4.99 Å². The van der Waals surface area contributed by atoms with Crippen LogP contribution in [0.5, 0.6) is 0 Å². The molecule has 0 N–H and O–H groups in total. The molecule has 1 atom stereocenters. The fraction of sp³-hybridized carbons (Fsp3) is 0.789. The molecule has 1 heterocycles. The normalized spacial score (nSPS) is 21.8. The molecule has 0 radical (unpaired) electrons. The van der Waals surface area contributed by atoms with Crippen molar-refractivity contribution >= 4 is 17.8 Å². The van der Waals surface area contributed by atoms with E-state index in [0.29, 0.717) is 12.4 Å². The SMILES string of the molecule is CC.COC(=O)C(C)(C)N1C(=O)C(C)(N(C)C(=NC#N)N(C)C)CC1(C)C. The average molecular weight is 382 g/mol. The molecule has 8 nitrogen and oxygen atoms in total. The third-order valence-electron chi connectivity index (χ3n) is 4.88. The average Bonchev–Trinajstić information content (AvgIpc) is 2.78. The second-order valence-corrected chi connectivity index (χ2v) is 7.92. The number of aliphatic imine (C=N–C) groups is 1. The zero-order valence-electron chi connectivity index (χ0n) is 18.7. The van der Waals surface area contributed by atoms with Crippen LogP contribution in [0.4, 0.5) is 0 Å². The first-order chi connectivity index (χ1) is 12.3. The van der Waals surface area contributed by atoms with Gasteiger partial charge in [-0.1, -0.05) is 13.8 Å². The van der Waals surface area contributed by atoms with Gasteiger partial charge in [0.05, 0.1) is 7.11 Å². The number of methoxy groups -OCH3 is 1.